The molecule has 216 valence electrons. The number of furan rings is 1. The summed E-state index contributed by atoms with van der Waals surface area (Å²) < 4.78 is 6.32. The summed E-state index contributed by atoms with van der Waals surface area (Å²) in [6.07, 6.45) is 0. The van der Waals surface area contributed by atoms with E-state index in [-0.39, 0.29) is 16.2 Å². The second-order valence-corrected chi connectivity index (χ2v) is 14.8. The molecule has 7 rings (SSSR count). The molecular weight excluding hydrogens is 522 g/mol. The van der Waals surface area contributed by atoms with Crippen LogP contribution >= 0.6 is 0 Å². The first-order chi connectivity index (χ1) is 20.3. The maximum Gasteiger partial charge on any atom is 0.137 e. The largest absolute Gasteiger partial charge is 0.456 e. The zero-order valence-electron chi connectivity index (χ0n) is 26.7. The van der Waals surface area contributed by atoms with E-state index in [0.717, 1.165) is 39.0 Å². The van der Waals surface area contributed by atoms with Crippen LogP contribution in [0, 0.1) is 0 Å². The molecule has 0 radical (unpaired) electrons. The molecule has 6 aromatic rings. The van der Waals surface area contributed by atoms with Gasteiger partial charge in [-0.1, -0.05) is 110 Å². The molecule has 0 amide bonds. The molecule has 2 nitrogen and oxygen atoms in total. The summed E-state index contributed by atoms with van der Waals surface area (Å²) in [6.45, 7) is 18.8. The minimum Gasteiger partial charge on any atom is -0.456 e. The second kappa shape index (κ2) is 9.35. The van der Waals surface area contributed by atoms with Crippen LogP contribution in [-0.2, 0) is 16.2 Å². The summed E-state index contributed by atoms with van der Waals surface area (Å²) in [5.41, 5.74) is 13.6. The fourth-order valence-electron chi connectivity index (χ4n) is 6.99. The van der Waals surface area contributed by atoms with Crippen molar-refractivity contribution >= 4 is 39.0 Å². The third-order valence-corrected chi connectivity index (χ3v) is 9.30. The summed E-state index contributed by atoms with van der Waals surface area (Å²) >= 11 is 0. The number of hydrogen-bond donors (Lipinski definition) is 0. The number of benzene rings is 5. The molecule has 1 aliphatic carbocycles. The Labute approximate surface area is 256 Å². The van der Waals surface area contributed by atoms with Crippen molar-refractivity contribution in [2.24, 2.45) is 0 Å². The third-order valence-electron chi connectivity index (χ3n) is 9.30. The molecule has 5 aromatic carbocycles. The van der Waals surface area contributed by atoms with Gasteiger partial charge in [-0.15, -0.1) is 0 Å². The van der Waals surface area contributed by atoms with E-state index in [9.17, 15) is 0 Å². The Morgan fingerprint density at radius 3 is 1.93 bits per heavy atom. The standard InChI is InChI=1S/C41H41NO/c1-39(2,3)26-22-33-30-20-18-28(24-34(30)41(7,8)38(33)35(23-26)40(4,5)6)42(27-14-10-9-11-15-27)29-19-21-32-31-16-12-13-17-36(31)43-37(32)25-29/h9-25H,1-8H3. The average Bonchev–Trinajstić information content (AvgIpc) is 3.44. The molecule has 1 aliphatic rings. The van der Waals surface area contributed by atoms with E-state index in [1.54, 1.807) is 0 Å². The molecular formula is C41H41NO. The van der Waals surface area contributed by atoms with E-state index in [1.165, 1.54) is 33.4 Å². The van der Waals surface area contributed by atoms with Crippen LogP contribution < -0.4 is 4.90 Å². The molecule has 0 aliphatic heterocycles. The summed E-state index contributed by atoms with van der Waals surface area (Å²) in [5.74, 6) is 0. The van der Waals surface area contributed by atoms with Crippen molar-refractivity contribution in [3.8, 4) is 11.1 Å². The van der Waals surface area contributed by atoms with Crippen molar-refractivity contribution in [3.05, 3.63) is 125 Å². The maximum atomic E-state index is 6.32. The maximum absolute atomic E-state index is 6.32. The van der Waals surface area contributed by atoms with Gasteiger partial charge in [-0.05, 0) is 86.7 Å². The SMILES string of the molecule is CC(C)(C)c1cc2c(c(C(C)(C)C)c1)C(C)(C)c1cc(N(c3ccccc3)c3ccc4c(c3)oc3ccccc34)ccc1-2. The summed E-state index contributed by atoms with van der Waals surface area (Å²) in [6, 6.07) is 37.6. The molecule has 1 heterocycles. The molecule has 0 saturated carbocycles. The number of anilines is 3. The molecule has 0 N–H and O–H groups in total. The van der Waals surface area contributed by atoms with E-state index < -0.39 is 0 Å². The van der Waals surface area contributed by atoms with E-state index in [2.05, 4.69) is 151 Å². The van der Waals surface area contributed by atoms with Gasteiger partial charge in [0, 0.05) is 39.3 Å². The quantitative estimate of drug-likeness (QED) is 0.213. The Morgan fingerprint density at radius 2 is 1.21 bits per heavy atom. The van der Waals surface area contributed by atoms with Crippen molar-refractivity contribution < 1.29 is 4.42 Å². The van der Waals surface area contributed by atoms with E-state index in [1.807, 2.05) is 12.1 Å². The van der Waals surface area contributed by atoms with Gasteiger partial charge < -0.3 is 9.32 Å². The number of para-hydroxylation sites is 2. The first-order valence-corrected chi connectivity index (χ1v) is 15.4. The molecule has 0 spiro atoms. The molecule has 0 atom stereocenters. The van der Waals surface area contributed by atoms with Crippen LogP contribution in [0.15, 0.2) is 108 Å². The lowest BCUT2D eigenvalue weighted by molar-refractivity contribution is 0.545. The lowest BCUT2D eigenvalue weighted by Crippen LogP contribution is -2.25. The molecule has 1 aromatic heterocycles. The van der Waals surface area contributed by atoms with Crippen LogP contribution in [0.25, 0.3) is 33.1 Å². The fourth-order valence-corrected chi connectivity index (χ4v) is 6.99. The highest BCUT2D eigenvalue weighted by Crippen LogP contribution is 2.54. The molecule has 43 heavy (non-hydrogen) atoms. The third kappa shape index (κ3) is 4.38. The van der Waals surface area contributed by atoms with Gasteiger partial charge in [0.25, 0.3) is 0 Å². The summed E-state index contributed by atoms with van der Waals surface area (Å²) in [4.78, 5) is 2.36. The van der Waals surface area contributed by atoms with Gasteiger partial charge in [-0.25, -0.2) is 0 Å². The first-order valence-electron chi connectivity index (χ1n) is 15.4. The van der Waals surface area contributed by atoms with E-state index in [0.29, 0.717) is 0 Å². The molecule has 0 fully saturated rings. The molecule has 0 saturated heterocycles. The van der Waals surface area contributed by atoms with Gasteiger partial charge in [0.15, 0.2) is 0 Å². The van der Waals surface area contributed by atoms with Crippen molar-refractivity contribution in [2.45, 2.75) is 71.6 Å². The van der Waals surface area contributed by atoms with Gasteiger partial charge in [-0.2, -0.15) is 0 Å². The number of hydrogen-bond acceptors (Lipinski definition) is 2. The Morgan fingerprint density at radius 1 is 0.558 bits per heavy atom. The molecule has 2 heteroatoms. The normalized spacial score (nSPS) is 14.2. The van der Waals surface area contributed by atoms with E-state index in [4.69, 9.17) is 4.42 Å². The van der Waals surface area contributed by atoms with Crippen molar-refractivity contribution in [1.82, 2.24) is 0 Å². The van der Waals surface area contributed by atoms with Gasteiger partial charge in [-0.3, -0.25) is 0 Å². The highest BCUT2D eigenvalue weighted by Gasteiger charge is 2.41. The Kier molecular flexibility index (Phi) is 5.98. The first kappa shape index (κ1) is 27.5. The topological polar surface area (TPSA) is 16.4 Å². The highest BCUT2D eigenvalue weighted by atomic mass is 16.3. The Balaban J connectivity index is 1.43. The smallest absolute Gasteiger partial charge is 0.137 e. The second-order valence-electron chi connectivity index (χ2n) is 14.8. The Hall–Kier alpha value is -4.30. The van der Waals surface area contributed by atoms with Crippen LogP contribution in [-0.4, -0.2) is 0 Å². The van der Waals surface area contributed by atoms with Crippen LogP contribution in [0.2, 0.25) is 0 Å². The van der Waals surface area contributed by atoms with Crippen LogP contribution in [0.4, 0.5) is 17.1 Å². The lowest BCUT2D eigenvalue weighted by atomic mass is 9.71. The van der Waals surface area contributed by atoms with Crippen molar-refractivity contribution in [2.75, 3.05) is 4.90 Å². The van der Waals surface area contributed by atoms with Gasteiger partial charge >= 0.3 is 0 Å². The Bertz CT molecular complexity index is 2010. The monoisotopic (exact) mass is 563 g/mol. The van der Waals surface area contributed by atoms with Gasteiger partial charge in [0.1, 0.15) is 11.2 Å². The zero-order valence-corrected chi connectivity index (χ0v) is 26.7. The minimum atomic E-state index is -0.134. The number of fused-ring (bicyclic) bond motifs is 6. The van der Waals surface area contributed by atoms with Gasteiger partial charge in [0.05, 0.1) is 0 Å². The lowest BCUT2D eigenvalue weighted by Gasteiger charge is -2.33. The predicted molar refractivity (Wildman–Crippen MR) is 183 cm³/mol. The summed E-state index contributed by atoms with van der Waals surface area (Å²) in [5, 5.41) is 2.29. The predicted octanol–water partition coefficient (Wildman–Crippen LogP) is 12.0. The molecule has 0 unspecified atom stereocenters. The highest BCUT2D eigenvalue weighted by molar-refractivity contribution is 6.06. The average molecular weight is 564 g/mol. The number of rotatable bonds is 3. The summed E-state index contributed by atoms with van der Waals surface area (Å²) in [7, 11) is 0. The van der Waals surface area contributed by atoms with Crippen molar-refractivity contribution in [1.29, 1.82) is 0 Å². The van der Waals surface area contributed by atoms with E-state index >= 15 is 0 Å². The minimum absolute atomic E-state index is 0.0333. The molecule has 0 bridgehead atoms. The zero-order chi connectivity index (χ0) is 30.3. The van der Waals surface area contributed by atoms with Crippen LogP contribution in [0.5, 0.6) is 0 Å². The van der Waals surface area contributed by atoms with Gasteiger partial charge in [0.2, 0.25) is 0 Å². The fraction of sp³-hybridized carbons (Fsp3) is 0.268. The van der Waals surface area contributed by atoms with Crippen LogP contribution in [0.1, 0.15) is 77.6 Å². The number of nitrogens with zero attached hydrogens (tertiary/aromatic N) is 1. The van der Waals surface area contributed by atoms with Crippen LogP contribution in [0.3, 0.4) is 0 Å². The van der Waals surface area contributed by atoms with Crippen molar-refractivity contribution in [3.63, 3.8) is 0 Å².